The molecule has 2 rings (SSSR count). The third-order valence-electron chi connectivity index (χ3n) is 2.96. The molecule has 2 aromatic rings. The van der Waals surface area contributed by atoms with Crippen LogP contribution in [-0.2, 0) is 11.4 Å². The molecule has 114 valence electrons. The second-order valence-corrected chi connectivity index (χ2v) is 7.00. The maximum Gasteiger partial charge on any atom is 0.173 e. The fraction of sp³-hybridized carbons (Fsp3) is 0.500. The van der Waals surface area contributed by atoms with Crippen molar-refractivity contribution in [1.29, 1.82) is 0 Å². The molecule has 2 heterocycles. The van der Waals surface area contributed by atoms with Gasteiger partial charge in [-0.15, -0.1) is 4.72 Å². The van der Waals surface area contributed by atoms with Gasteiger partial charge in [0, 0.05) is 28.8 Å². The summed E-state index contributed by atoms with van der Waals surface area (Å²) < 4.78 is 19.3. The Bertz CT molecular complexity index is 576. The molecule has 5 nitrogen and oxygen atoms in total. The van der Waals surface area contributed by atoms with Gasteiger partial charge >= 0.3 is 0 Å². The lowest BCUT2D eigenvalue weighted by atomic mass is 10.2. The molecule has 0 unspecified atom stereocenters. The van der Waals surface area contributed by atoms with Crippen LogP contribution in [0.25, 0.3) is 11.4 Å². The van der Waals surface area contributed by atoms with E-state index in [2.05, 4.69) is 26.0 Å². The smallest absolute Gasteiger partial charge is 0.173 e. The van der Waals surface area contributed by atoms with Crippen molar-refractivity contribution in [3.05, 3.63) is 29.0 Å². The Labute approximate surface area is 132 Å². The lowest BCUT2D eigenvalue weighted by Crippen LogP contribution is -2.29. The van der Waals surface area contributed by atoms with E-state index in [1.807, 2.05) is 26.0 Å². The van der Waals surface area contributed by atoms with Crippen LogP contribution in [0, 0.1) is 6.92 Å². The van der Waals surface area contributed by atoms with Gasteiger partial charge in [-0.25, -0.2) is 4.98 Å². The Hall–Kier alpha value is -1.02. The predicted octanol–water partition coefficient (Wildman–Crippen LogP) is 3.02. The van der Waals surface area contributed by atoms with Crippen LogP contribution in [0.2, 0.25) is 0 Å². The molecule has 0 amide bonds. The summed E-state index contributed by atoms with van der Waals surface area (Å²) >= 11 is 0.335. The summed E-state index contributed by atoms with van der Waals surface area (Å²) in [5, 5.41) is 0.851. The minimum Gasteiger partial charge on any atom is -0.598 e. The number of pyridine rings is 1. The molecule has 0 aromatic carbocycles. The van der Waals surface area contributed by atoms with E-state index in [0.29, 0.717) is 11.6 Å². The first-order chi connectivity index (χ1) is 10.1. The largest absolute Gasteiger partial charge is 0.598 e. The third kappa shape index (κ3) is 4.74. The van der Waals surface area contributed by atoms with Gasteiger partial charge in [0.25, 0.3) is 0 Å². The van der Waals surface area contributed by atoms with Crippen LogP contribution < -0.4 is 4.72 Å². The Morgan fingerprint density at radius 3 is 3.00 bits per heavy atom. The zero-order chi connectivity index (χ0) is 15.2. The molecule has 7 heteroatoms. The molecule has 0 radical (unpaired) electrons. The van der Waals surface area contributed by atoms with Crippen LogP contribution in [0.5, 0.6) is 0 Å². The van der Waals surface area contributed by atoms with Gasteiger partial charge in [-0.3, -0.25) is 4.98 Å². The van der Waals surface area contributed by atoms with Crippen LogP contribution in [0.15, 0.2) is 18.3 Å². The predicted molar refractivity (Wildman–Crippen MR) is 87.3 cm³/mol. The Morgan fingerprint density at radius 2 is 2.29 bits per heavy atom. The molecule has 21 heavy (non-hydrogen) atoms. The molecule has 0 saturated heterocycles. The van der Waals surface area contributed by atoms with Crippen molar-refractivity contribution < 1.29 is 4.55 Å². The quantitative estimate of drug-likeness (QED) is 0.793. The van der Waals surface area contributed by atoms with Gasteiger partial charge in [0.15, 0.2) is 5.82 Å². The van der Waals surface area contributed by atoms with Crippen molar-refractivity contribution in [2.75, 3.05) is 5.75 Å². The van der Waals surface area contributed by atoms with Crippen LogP contribution in [-0.4, -0.2) is 24.6 Å². The van der Waals surface area contributed by atoms with Gasteiger partial charge < -0.3 is 4.55 Å². The van der Waals surface area contributed by atoms with Crippen molar-refractivity contribution in [2.45, 2.75) is 39.7 Å². The van der Waals surface area contributed by atoms with E-state index in [1.165, 1.54) is 11.5 Å². The van der Waals surface area contributed by atoms with Crippen molar-refractivity contribution in [3.63, 3.8) is 0 Å². The maximum absolute atomic E-state index is 11.9. The lowest BCUT2D eigenvalue weighted by molar-refractivity contribution is 0.562. The first-order valence-electron chi connectivity index (χ1n) is 7.01. The molecule has 2 aromatic heterocycles. The highest BCUT2D eigenvalue weighted by molar-refractivity contribution is 7.89. The number of aromatic nitrogens is 3. The third-order valence-corrected chi connectivity index (χ3v) is 5.13. The van der Waals surface area contributed by atoms with Gasteiger partial charge in [0.05, 0.1) is 0 Å². The summed E-state index contributed by atoms with van der Waals surface area (Å²) in [6, 6.07) is 3.80. The number of hydrogen-bond donors (Lipinski definition) is 1. The van der Waals surface area contributed by atoms with Crippen molar-refractivity contribution in [1.82, 2.24) is 19.1 Å². The van der Waals surface area contributed by atoms with Crippen molar-refractivity contribution in [2.24, 2.45) is 0 Å². The van der Waals surface area contributed by atoms with Gasteiger partial charge in [-0.1, -0.05) is 13.3 Å². The number of rotatable bonds is 7. The molecule has 0 saturated carbocycles. The van der Waals surface area contributed by atoms with E-state index in [4.69, 9.17) is 0 Å². The molecular formula is C14H20N4OS2. The number of nitrogens with one attached hydrogen (secondary N) is 1. The Morgan fingerprint density at radius 1 is 1.48 bits per heavy atom. The van der Waals surface area contributed by atoms with E-state index in [-0.39, 0.29) is 6.04 Å². The van der Waals surface area contributed by atoms with E-state index in [1.54, 1.807) is 6.20 Å². The average Bonchev–Trinajstić information content (AvgIpc) is 2.95. The Kier molecular flexibility index (Phi) is 6.10. The fourth-order valence-electron chi connectivity index (χ4n) is 1.79. The first-order valence-corrected chi connectivity index (χ1v) is 9.10. The fourth-order valence-corrected chi connectivity index (χ4v) is 3.71. The highest BCUT2D eigenvalue weighted by Crippen LogP contribution is 2.22. The standard InChI is InChI=1S/C14H20N4OS2/c1-4-5-8-21(19)18-11(3)14-16-13(17-20-14)12-6-7-15-10(2)9-12/h6-7,9,11,18H,4-5,8H2,1-3H3/t11-,21+/m0/s1. The highest BCUT2D eigenvalue weighted by atomic mass is 32.2. The van der Waals surface area contributed by atoms with E-state index >= 15 is 0 Å². The number of aryl methyl sites for hydroxylation is 1. The van der Waals surface area contributed by atoms with Crippen LogP contribution in [0.4, 0.5) is 0 Å². The lowest BCUT2D eigenvalue weighted by Gasteiger charge is -2.14. The second kappa shape index (κ2) is 7.84. The summed E-state index contributed by atoms with van der Waals surface area (Å²) in [5.74, 6) is 1.38. The molecule has 0 spiro atoms. The van der Waals surface area contributed by atoms with Gasteiger partial charge in [-0.05, 0) is 43.9 Å². The second-order valence-electron chi connectivity index (χ2n) is 4.88. The van der Waals surface area contributed by atoms with E-state index in [9.17, 15) is 4.55 Å². The molecule has 0 bridgehead atoms. The molecule has 1 N–H and O–H groups in total. The Balaban J connectivity index is 2.02. The van der Waals surface area contributed by atoms with Crippen LogP contribution in [0.3, 0.4) is 0 Å². The summed E-state index contributed by atoms with van der Waals surface area (Å²) in [5.41, 5.74) is 1.90. The van der Waals surface area contributed by atoms with Crippen LogP contribution >= 0.6 is 11.5 Å². The van der Waals surface area contributed by atoms with E-state index in [0.717, 1.165) is 29.1 Å². The number of hydrogen-bond acceptors (Lipinski definition) is 6. The zero-order valence-corrected chi connectivity index (χ0v) is 14.1. The van der Waals surface area contributed by atoms with Crippen molar-refractivity contribution >= 4 is 22.9 Å². The molecule has 0 fully saturated rings. The average molecular weight is 324 g/mol. The minimum atomic E-state index is -1.01. The SMILES string of the molecule is CCCC[S@@+]([O-])N[C@@H](C)c1nc(-c2ccnc(C)c2)ns1. The highest BCUT2D eigenvalue weighted by Gasteiger charge is 2.18. The summed E-state index contributed by atoms with van der Waals surface area (Å²) in [7, 11) is 0. The van der Waals surface area contributed by atoms with Gasteiger partial charge in [-0.2, -0.15) is 4.37 Å². The zero-order valence-electron chi connectivity index (χ0n) is 12.5. The number of unbranched alkanes of at least 4 members (excludes halogenated alkanes) is 1. The normalized spacial score (nSPS) is 14.1. The minimum absolute atomic E-state index is 0.0585. The van der Waals surface area contributed by atoms with Gasteiger partial charge in [0.1, 0.15) is 16.8 Å². The molecule has 0 aliphatic heterocycles. The molecule has 0 aliphatic rings. The van der Waals surface area contributed by atoms with Gasteiger partial charge in [0.2, 0.25) is 0 Å². The molecule has 2 atom stereocenters. The monoisotopic (exact) mass is 324 g/mol. The summed E-state index contributed by atoms with van der Waals surface area (Å²) in [6.45, 7) is 6.00. The summed E-state index contributed by atoms with van der Waals surface area (Å²) in [4.78, 5) is 8.71. The molecular weight excluding hydrogens is 304 g/mol. The first kappa shape index (κ1) is 16.4. The number of nitrogens with zero attached hydrogens (tertiary/aromatic N) is 3. The van der Waals surface area contributed by atoms with Crippen LogP contribution in [0.1, 0.15) is 43.4 Å². The molecule has 0 aliphatic carbocycles. The topological polar surface area (TPSA) is 73.8 Å². The maximum atomic E-state index is 11.9. The van der Waals surface area contributed by atoms with Crippen molar-refractivity contribution in [3.8, 4) is 11.4 Å². The summed E-state index contributed by atoms with van der Waals surface area (Å²) in [6.07, 6.45) is 3.77. The van der Waals surface area contributed by atoms with E-state index < -0.39 is 11.4 Å².